The van der Waals surface area contributed by atoms with Crippen LogP contribution in [0.4, 0.5) is 0 Å². The number of imidazole rings is 1. The van der Waals surface area contributed by atoms with Crippen LogP contribution >= 0.6 is 0 Å². The molecule has 0 saturated heterocycles. The second-order valence-electron chi connectivity index (χ2n) is 7.93. The maximum Gasteiger partial charge on any atom is 0.295 e. The number of aliphatic hydroxyl groups excluding tert-OH is 1. The fourth-order valence-corrected chi connectivity index (χ4v) is 3.41. The van der Waals surface area contributed by atoms with E-state index < -0.39 is 6.10 Å². The molecule has 0 saturated carbocycles. The van der Waals surface area contributed by atoms with Gasteiger partial charge in [0.25, 0.3) is 11.5 Å². The fraction of sp³-hybridized carbons (Fsp3) is 0.409. The highest BCUT2D eigenvalue weighted by molar-refractivity contribution is 5.92. The zero-order valence-corrected chi connectivity index (χ0v) is 18.3. The lowest BCUT2D eigenvalue weighted by Crippen LogP contribution is -2.33. The van der Waals surface area contributed by atoms with Crippen LogP contribution in [0.3, 0.4) is 0 Å². The van der Waals surface area contributed by atoms with Crippen molar-refractivity contribution in [3.05, 3.63) is 57.7 Å². The number of rotatable bonds is 6. The van der Waals surface area contributed by atoms with Crippen molar-refractivity contribution in [1.29, 1.82) is 0 Å². The molecule has 0 bridgehead atoms. The SMILES string of the molecule is CC(C)=CCn1c(-c2cc(C)oc2C)cn2cc(C(=O)N(C)C[C@H](C)O)nc2c1=O. The van der Waals surface area contributed by atoms with Gasteiger partial charge in [-0.1, -0.05) is 11.6 Å². The molecule has 1 atom stereocenters. The Labute approximate surface area is 175 Å². The lowest BCUT2D eigenvalue weighted by atomic mass is 10.1. The first-order chi connectivity index (χ1) is 14.1. The summed E-state index contributed by atoms with van der Waals surface area (Å²) in [6.45, 7) is 9.83. The van der Waals surface area contributed by atoms with E-state index in [-0.39, 0.29) is 29.4 Å². The summed E-state index contributed by atoms with van der Waals surface area (Å²) in [5, 5.41) is 9.55. The Hall–Kier alpha value is -3.13. The smallest absolute Gasteiger partial charge is 0.295 e. The lowest BCUT2D eigenvalue weighted by Gasteiger charge is -2.17. The quantitative estimate of drug-likeness (QED) is 0.629. The third-order valence-electron chi connectivity index (χ3n) is 4.82. The molecule has 0 aliphatic rings. The first-order valence-corrected chi connectivity index (χ1v) is 9.85. The van der Waals surface area contributed by atoms with E-state index in [4.69, 9.17) is 4.42 Å². The minimum Gasteiger partial charge on any atom is -0.466 e. The predicted octanol–water partition coefficient (Wildman–Crippen LogP) is 2.79. The number of aromatic nitrogens is 3. The molecule has 0 aliphatic carbocycles. The largest absolute Gasteiger partial charge is 0.466 e. The summed E-state index contributed by atoms with van der Waals surface area (Å²) in [5.74, 6) is 1.11. The summed E-state index contributed by atoms with van der Waals surface area (Å²) in [7, 11) is 1.59. The minimum absolute atomic E-state index is 0.154. The maximum atomic E-state index is 13.3. The van der Waals surface area contributed by atoms with Crippen LogP contribution in [0.2, 0.25) is 0 Å². The van der Waals surface area contributed by atoms with Gasteiger partial charge in [-0.25, -0.2) is 4.98 Å². The van der Waals surface area contributed by atoms with Crippen molar-refractivity contribution in [3.63, 3.8) is 0 Å². The Kier molecular flexibility index (Phi) is 5.98. The number of carbonyl (C=O) groups excluding carboxylic acids is 1. The monoisotopic (exact) mass is 412 g/mol. The van der Waals surface area contributed by atoms with Crippen LogP contribution in [-0.2, 0) is 6.54 Å². The average Bonchev–Trinajstić information content (AvgIpc) is 3.22. The molecule has 3 heterocycles. The molecule has 3 aromatic heterocycles. The average molecular weight is 412 g/mol. The normalized spacial score (nSPS) is 12.2. The van der Waals surface area contributed by atoms with Crippen LogP contribution in [0, 0.1) is 13.8 Å². The number of likely N-dealkylation sites (N-methyl/N-ethyl adjacent to an activating group) is 1. The molecule has 1 amide bonds. The van der Waals surface area contributed by atoms with E-state index in [1.54, 1.807) is 35.3 Å². The Morgan fingerprint density at radius 1 is 1.33 bits per heavy atom. The van der Waals surface area contributed by atoms with E-state index in [2.05, 4.69) is 4.98 Å². The molecular weight excluding hydrogens is 384 g/mol. The van der Waals surface area contributed by atoms with Gasteiger partial charge in [0.15, 0.2) is 0 Å². The zero-order chi connectivity index (χ0) is 22.2. The van der Waals surface area contributed by atoms with Gasteiger partial charge in [0.2, 0.25) is 5.65 Å². The molecule has 0 radical (unpaired) electrons. The molecule has 160 valence electrons. The van der Waals surface area contributed by atoms with Crippen molar-refractivity contribution in [1.82, 2.24) is 18.9 Å². The fourth-order valence-electron chi connectivity index (χ4n) is 3.41. The molecule has 0 spiro atoms. The number of hydrogen-bond acceptors (Lipinski definition) is 5. The first kappa shape index (κ1) is 21.6. The molecule has 30 heavy (non-hydrogen) atoms. The Morgan fingerprint density at radius 2 is 2.03 bits per heavy atom. The van der Waals surface area contributed by atoms with Crippen molar-refractivity contribution in [2.75, 3.05) is 13.6 Å². The van der Waals surface area contributed by atoms with Gasteiger partial charge in [-0.2, -0.15) is 0 Å². The summed E-state index contributed by atoms with van der Waals surface area (Å²) in [5.41, 5.74) is 2.63. The van der Waals surface area contributed by atoms with Crippen LogP contribution < -0.4 is 5.56 Å². The third kappa shape index (κ3) is 4.23. The second kappa shape index (κ2) is 8.31. The number of fused-ring (bicyclic) bond motifs is 1. The van der Waals surface area contributed by atoms with Gasteiger partial charge >= 0.3 is 0 Å². The van der Waals surface area contributed by atoms with Crippen molar-refractivity contribution in [2.45, 2.75) is 47.3 Å². The van der Waals surface area contributed by atoms with Gasteiger partial charge in [0.05, 0.1) is 11.8 Å². The number of carbonyl (C=O) groups is 1. The van der Waals surface area contributed by atoms with Gasteiger partial charge in [-0.05, 0) is 40.7 Å². The highest BCUT2D eigenvalue weighted by atomic mass is 16.3. The van der Waals surface area contributed by atoms with E-state index in [0.29, 0.717) is 18.0 Å². The Morgan fingerprint density at radius 3 is 2.60 bits per heavy atom. The van der Waals surface area contributed by atoms with E-state index in [1.807, 2.05) is 39.8 Å². The van der Waals surface area contributed by atoms with Crippen LogP contribution in [0.5, 0.6) is 0 Å². The molecule has 0 aliphatic heterocycles. The highest BCUT2D eigenvalue weighted by Gasteiger charge is 2.21. The number of allylic oxidation sites excluding steroid dienone is 2. The standard InChI is InChI=1S/C22H28N4O4/c1-13(2)7-8-26-19(17-9-15(4)30-16(17)5)12-25-11-18(23-20(25)22(26)29)21(28)24(6)10-14(3)27/h7,9,11-12,14,27H,8,10H2,1-6H3/t14-/m0/s1. The van der Waals surface area contributed by atoms with Gasteiger partial charge < -0.3 is 14.4 Å². The summed E-state index contributed by atoms with van der Waals surface area (Å²) >= 11 is 0. The highest BCUT2D eigenvalue weighted by Crippen LogP contribution is 2.26. The molecule has 0 aromatic carbocycles. The zero-order valence-electron chi connectivity index (χ0n) is 18.3. The number of hydrogen-bond donors (Lipinski definition) is 1. The number of aryl methyl sites for hydroxylation is 2. The molecule has 0 unspecified atom stereocenters. The topological polar surface area (TPSA) is 93.0 Å². The predicted molar refractivity (Wildman–Crippen MR) is 115 cm³/mol. The number of amides is 1. The molecule has 8 heteroatoms. The molecule has 3 rings (SSSR count). The molecule has 3 aromatic rings. The van der Waals surface area contributed by atoms with Crippen LogP contribution in [0.1, 0.15) is 42.8 Å². The van der Waals surface area contributed by atoms with Gasteiger partial charge in [-0.15, -0.1) is 0 Å². The maximum absolute atomic E-state index is 13.3. The first-order valence-electron chi connectivity index (χ1n) is 9.85. The third-order valence-corrected chi connectivity index (χ3v) is 4.82. The summed E-state index contributed by atoms with van der Waals surface area (Å²) in [6, 6.07) is 1.90. The number of nitrogens with zero attached hydrogens (tertiary/aromatic N) is 4. The Balaban J connectivity index is 2.19. The van der Waals surface area contributed by atoms with Crippen molar-refractivity contribution in [2.24, 2.45) is 0 Å². The van der Waals surface area contributed by atoms with Crippen LogP contribution in [0.25, 0.3) is 16.9 Å². The summed E-state index contributed by atoms with van der Waals surface area (Å²) in [6.07, 6.45) is 4.66. The van der Waals surface area contributed by atoms with Gasteiger partial charge in [0, 0.05) is 38.1 Å². The number of aliphatic hydroxyl groups is 1. The Bertz CT molecular complexity index is 1180. The van der Waals surface area contributed by atoms with E-state index in [9.17, 15) is 14.7 Å². The van der Waals surface area contributed by atoms with Crippen LogP contribution in [-0.4, -0.2) is 49.6 Å². The minimum atomic E-state index is -0.656. The van der Waals surface area contributed by atoms with Crippen molar-refractivity contribution >= 4 is 11.6 Å². The number of furan rings is 1. The van der Waals surface area contributed by atoms with Crippen LogP contribution in [0.15, 0.2) is 39.3 Å². The van der Waals surface area contributed by atoms with Crippen molar-refractivity contribution < 1.29 is 14.3 Å². The molecule has 0 fully saturated rings. The van der Waals surface area contributed by atoms with Gasteiger partial charge in [-0.3, -0.25) is 18.6 Å². The summed E-state index contributed by atoms with van der Waals surface area (Å²) in [4.78, 5) is 31.7. The van der Waals surface area contributed by atoms with E-state index in [0.717, 1.165) is 16.9 Å². The van der Waals surface area contributed by atoms with Crippen molar-refractivity contribution in [3.8, 4) is 11.3 Å². The molecule has 8 nitrogen and oxygen atoms in total. The lowest BCUT2D eigenvalue weighted by molar-refractivity contribution is 0.0699. The van der Waals surface area contributed by atoms with E-state index in [1.165, 1.54) is 4.90 Å². The molecular formula is C22H28N4O4. The second-order valence-corrected chi connectivity index (χ2v) is 7.93. The van der Waals surface area contributed by atoms with E-state index >= 15 is 0 Å². The van der Waals surface area contributed by atoms with Gasteiger partial charge in [0.1, 0.15) is 17.2 Å². The summed E-state index contributed by atoms with van der Waals surface area (Å²) < 4.78 is 8.90. The molecule has 1 N–H and O–H groups in total.